The van der Waals surface area contributed by atoms with E-state index in [0.717, 1.165) is 36.2 Å². The number of anilines is 1. The van der Waals surface area contributed by atoms with E-state index in [4.69, 9.17) is 4.74 Å². The van der Waals surface area contributed by atoms with Crippen LogP contribution in [-0.2, 0) is 17.8 Å². The fourth-order valence-electron chi connectivity index (χ4n) is 2.98. The van der Waals surface area contributed by atoms with E-state index in [2.05, 4.69) is 22.4 Å². The molecule has 2 N–H and O–H groups in total. The van der Waals surface area contributed by atoms with E-state index in [1.54, 1.807) is 13.2 Å². The van der Waals surface area contributed by atoms with Gasteiger partial charge in [-0.3, -0.25) is 4.79 Å². The topological polar surface area (TPSA) is 54.1 Å². The van der Waals surface area contributed by atoms with Crippen molar-refractivity contribution < 1.29 is 4.74 Å². The van der Waals surface area contributed by atoms with E-state index in [1.807, 2.05) is 18.2 Å². The molecule has 1 atom stereocenters. The van der Waals surface area contributed by atoms with Crippen LogP contribution >= 0.6 is 0 Å². The molecule has 0 aliphatic heterocycles. The first-order chi connectivity index (χ1) is 10.3. The second-order valence-corrected chi connectivity index (χ2v) is 5.44. The van der Waals surface area contributed by atoms with Gasteiger partial charge in [-0.05, 0) is 37.0 Å². The third kappa shape index (κ3) is 3.00. The zero-order valence-electron chi connectivity index (χ0n) is 12.2. The fourth-order valence-corrected chi connectivity index (χ4v) is 2.98. The number of hydrogen-bond donors (Lipinski definition) is 2. The predicted molar refractivity (Wildman–Crippen MR) is 83.5 cm³/mol. The van der Waals surface area contributed by atoms with E-state index in [-0.39, 0.29) is 11.6 Å². The summed E-state index contributed by atoms with van der Waals surface area (Å²) in [6.07, 6.45) is 3.10. The molecule has 0 radical (unpaired) electrons. The van der Waals surface area contributed by atoms with Crippen molar-refractivity contribution in [2.45, 2.75) is 31.9 Å². The first kappa shape index (κ1) is 13.9. The minimum Gasteiger partial charge on any atom is -0.380 e. The minimum absolute atomic E-state index is 0.0193. The van der Waals surface area contributed by atoms with Gasteiger partial charge in [0.25, 0.3) is 0 Å². The maximum absolute atomic E-state index is 11.5. The highest BCUT2D eigenvalue weighted by Gasteiger charge is 2.21. The van der Waals surface area contributed by atoms with E-state index < -0.39 is 0 Å². The molecule has 2 aromatic rings. The summed E-state index contributed by atoms with van der Waals surface area (Å²) in [5.41, 5.74) is 4.50. The quantitative estimate of drug-likeness (QED) is 0.907. The molecule has 0 amide bonds. The molecular formula is C17H20N2O2. The molecule has 1 aliphatic carbocycles. The van der Waals surface area contributed by atoms with Crippen LogP contribution in [-0.4, -0.2) is 12.1 Å². The van der Waals surface area contributed by atoms with Gasteiger partial charge in [0.15, 0.2) is 0 Å². The summed E-state index contributed by atoms with van der Waals surface area (Å²) < 4.78 is 5.26. The van der Waals surface area contributed by atoms with Gasteiger partial charge in [0.2, 0.25) is 5.56 Å². The van der Waals surface area contributed by atoms with Crippen molar-refractivity contribution in [2.24, 2.45) is 0 Å². The molecule has 0 saturated carbocycles. The Balaban J connectivity index is 1.89. The summed E-state index contributed by atoms with van der Waals surface area (Å²) >= 11 is 0. The van der Waals surface area contributed by atoms with Crippen LogP contribution in [0.3, 0.4) is 0 Å². The Hall–Kier alpha value is -2.07. The van der Waals surface area contributed by atoms with Gasteiger partial charge in [-0.25, -0.2) is 0 Å². The van der Waals surface area contributed by atoms with Gasteiger partial charge in [0.05, 0.1) is 12.6 Å². The number of benzene rings is 1. The SMILES string of the molecule is COCc1ccccc1NC1CCCc2[nH]c(=O)ccc21. The number of rotatable bonds is 4. The van der Waals surface area contributed by atoms with Gasteiger partial charge >= 0.3 is 0 Å². The van der Waals surface area contributed by atoms with Crippen LogP contribution < -0.4 is 10.9 Å². The lowest BCUT2D eigenvalue weighted by Crippen LogP contribution is -2.22. The Morgan fingerprint density at radius 3 is 3.00 bits per heavy atom. The number of aromatic nitrogens is 1. The van der Waals surface area contributed by atoms with Gasteiger partial charge in [-0.15, -0.1) is 0 Å². The molecule has 1 heterocycles. The highest BCUT2D eigenvalue weighted by atomic mass is 16.5. The Kier molecular flexibility index (Phi) is 4.06. The maximum Gasteiger partial charge on any atom is 0.248 e. The maximum atomic E-state index is 11.5. The summed E-state index contributed by atoms with van der Waals surface area (Å²) in [7, 11) is 1.71. The summed E-state index contributed by atoms with van der Waals surface area (Å²) in [4.78, 5) is 14.4. The van der Waals surface area contributed by atoms with Crippen molar-refractivity contribution in [3.8, 4) is 0 Å². The monoisotopic (exact) mass is 284 g/mol. The zero-order valence-corrected chi connectivity index (χ0v) is 12.2. The molecule has 4 nitrogen and oxygen atoms in total. The Bertz CT molecular complexity index is 678. The number of fused-ring (bicyclic) bond motifs is 1. The molecule has 0 saturated heterocycles. The number of hydrogen-bond acceptors (Lipinski definition) is 3. The van der Waals surface area contributed by atoms with Gasteiger partial charge in [-0.2, -0.15) is 0 Å². The van der Waals surface area contributed by atoms with Crippen molar-refractivity contribution in [1.29, 1.82) is 0 Å². The molecule has 0 fully saturated rings. The number of methoxy groups -OCH3 is 1. The molecule has 1 aromatic heterocycles. The first-order valence-corrected chi connectivity index (χ1v) is 7.33. The van der Waals surface area contributed by atoms with Gasteiger partial charge in [0, 0.05) is 30.1 Å². The van der Waals surface area contributed by atoms with E-state index in [9.17, 15) is 4.79 Å². The van der Waals surface area contributed by atoms with Crippen molar-refractivity contribution in [1.82, 2.24) is 4.98 Å². The number of aryl methyl sites for hydroxylation is 1. The van der Waals surface area contributed by atoms with Gasteiger partial charge < -0.3 is 15.0 Å². The molecule has 0 bridgehead atoms. The van der Waals surface area contributed by atoms with E-state index in [0.29, 0.717) is 6.61 Å². The molecule has 1 unspecified atom stereocenters. The third-order valence-corrected chi connectivity index (χ3v) is 3.98. The van der Waals surface area contributed by atoms with Crippen LogP contribution in [0.5, 0.6) is 0 Å². The first-order valence-electron chi connectivity index (χ1n) is 7.33. The highest BCUT2D eigenvalue weighted by Crippen LogP contribution is 2.31. The Morgan fingerprint density at radius 2 is 2.14 bits per heavy atom. The number of nitrogens with one attached hydrogen (secondary N) is 2. The number of pyridine rings is 1. The lowest BCUT2D eigenvalue weighted by Gasteiger charge is -2.27. The second kappa shape index (κ2) is 6.14. The van der Waals surface area contributed by atoms with Crippen LogP contribution in [0, 0.1) is 0 Å². The Labute approximate surface area is 124 Å². The second-order valence-electron chi connectivity index (χ2n) is 5.44. The molecule has 110 valence electrons. The average molecular weight is 284 g/mol. The van der Waals surface area contributed by atoms with E-state index in [1.165, 1.54) is 5.56 Å². The molecule has 1 aromatic carbocycles. The van der Waals surface area contributed by atoms with Crippen molar-refractivity contribution >= 4 is 5.69 Å². The van der Waals surface area contributed by atoms with Crippen LogP contribution in [0.1, 0.15) is 35.7 Å². The minimum atomic E-state index is -0.0193. The number of H-pyrrole nitrogens is 1. The lowest BCUT2D eigenvalue weighted by molar-refractivity contribution is 0.185. The average Bonchev–Trinajstić information content (AvgIpc) is 2.49. The predicted octanol–water partition coefficient (Wildman–Crippen LogP) is 3.01. The Morgan fingerprint density at radius 1 is 1.29 bits per heavy atom. The number of para-hydroxylation sites is 1. The summed E-state index contributed by atoms with van der Waals surface area (Å²) in [6.45, 7) is 0.592. The molecule has 1 aliphatic rings. The van der Waals surface area contributed by atoms with Crippen molar-refractivity contribution in [3.63, 3.8) is 0 Å². The summed E-state index contributed by atoms with van der Waals surface area (Å²) in [5.74, 6) is 0. The molecule has 0 spiro atoms. The molecule has 4 heteroatoms. The van der Waals surface area contributed by atoms with E-state index >= 15 is 0 Å². The smallest absolute Gasteiger partial charge is 0.248 e. The molecule has 3 rings (SSSR count). The van der Waals surface area contributed by atoms with Crippen LogP contribution in [0.4, 0.5) is 5.69 Å². The van der Waals surface area contributed by atoms with Crippen LogP contribution in [0.15, 0.2) is 41.2 Å². The van der Waals surface area contributed by atoms with Crippen LogP contribution in [0.2, 0.25) is 0 Å². The number of ether oxygens (including phenoxy) is 1. The standard InChI is InChI=1S/C17H20N2O2/c1-21-11-12-5-2-3-6-14(12)18-15-7-4-8-16-13(15)9-10-17(20)19-16/h2-3,5-6,9-10,15,18H,4,7-8,11H2,1H3,(H,19,20). The molecule has 21 heavy (non-hydrogen) atoms. The highest BCUT2D eigenvalue weighted by molar-refractivity contribution is 5.53. The van der Waals surface area contributed by atoms with Gasteiger partial charge in [-0.1, -0.05) is 18.2 Å². The normalized spacial score (nSPS) is 17.3. The number of aromatic amines is 1. The van der Waals surface area contributed by atoms with Crippen LogP contribution in [0.25, 0.3) is 0 Å². The summed E-state index contributed by atoms with van der Waals surface area (Å²) in [5, 5.41) is 3.61. The zero-order chi connectivity index (χ0) is 14.7. The van der Waals surface area contributed by atoms with Crippen molar-refractivity contribution in [3.05, 3.63) is 63.6 Å². The lowest BCUT2D eigenvalue weighted by atomic mass is 9.91. The summed E-state index contributed by atoms with van der Waals surface area (Å²) in [6, 6.07) is 12.0. The fraction of sp³-hybridized carbons (Fsp3) is 0.353. The van der Waals surface area contributed by atoms with Gasteiger partial charge in [0.1, 0.15) is 0 Å². The largest absolute Gasteiger partial charge is 0.380 e. The molecular weight excluding hydrogens is 264 g/mol. The van der Waals surface area contributed by atoms with Crippen molar-refractivity contribution in [2.75, 3.05) is 12.4 Å². The third-order valence-electron chi connectivity index (χ3n) is 3.98.